The second kappa shape index (κ2) is 5.15. The summed E-state index contributed by atoms with van der Waals surface area (Å²) in [5.74, 6) is -0.929. The standard InChI is InChI=1S/C15H17NO4/c17-14(18)12-6-11-7-13(12)16(8-11)15(19)20-9-10-4-2-1-3-5-10/h1-5,11-13H,6-9H2,(H,17,18)/t11-,12+,13+/m1/s1. The summed E-state index contributed by atoms with van der Waals surface area (Å²) in [5.41, 5.74) is 0.931. The van der Waals surface area contributed by atoms with Crippen molar-refractivity contribution in [1.29, 1.82) is 0 Å². The van der Waals surface area contributed by atoms with Crippen molar-refractivity contribution in [3.05, 3.63) is 35.9 Å². The summed E-state index contributed by atoms with van der Waals surface area (Å²) in [4.78, 5) is 24.8. The Balaban J connectivity index is 1.60. The number of carbonyl (C=O) groups excluding carboxylic acids is 1. The number of piperidine rings is 1. The van der Waals surface area contributed by atoms with E-state index in [0.29, 0.717) is 18.9 Å². The van der Waals surface area contributed by atoms with Crippen LogP contribution >= 0.6 is 0 Å². The van der Waals surface area contributed by atoms with Crippen LogP contribution < -0.4 is 0 Å². The maximum atomic E-state index is 12.1. The lowest BCUT2D eigenvalue weighted by molar-refractivity contribution is -0.143. The predicted octanol–water partition coefficient (Wildman–Crippen LogP) is 2.12. The molecule has 3 rings (SSSR count). The van der Waals surface area contributed by atoms with Gasteiger partial charge >= 0.3 is 12.1 Å². The van der Waals surface area contributed by atoms with Gasteiger partial charge in [0.25, 0.3) is 0 Å². The highest BCUT2D eigenvalue weighted by Crippen LogP contribution is 2.42. The summed E-state index contributed by atoms with van der Waals surface area (Å²) in [6, 6.07) is 9.28. The van der Waals surface area contributed by atoms with E-state index in [1.807, 2.05) is 30.3 Å². The van der Waals surface area contributed by atoms with Crippen molar-refractivity contribution in [2.45, 2.75) is 25.5 Å². The minimum atomic E-state index is -0.807. The van der Waals surface area contributed by atoms with E-state index < -0.39 is 18.0 Å². The van der Waals surface area contributed by atoms with Gasteiger partial charge in [0, 0.05) is 12.6 Å². The Bertz CT molecular complexity index is 516. The Morgan fingerprint density at radius 2 is 2.00 bits per heavy atom. The zero-order chi connectivity index (χ0) is 14.1. The first kappa shape index (κ1) is 13.0. The molecule has 0 radical (unpaired) electrons. The van der Waals surface area contributed by atoms with Crippen molar-refractivity contribution in [3.63, 3.8) is 0 Å². The molecule has 1 aromatic rings. The Morgan fingerprint density at radius 3 is 2.65 bits per heavy atom. The molecule has 1 saturated carbocycles. The fraction of sp³-hybridized carbons (Fsp3) is 0.467. The Labute approximate surface area is 117 Å². The third-order valence-electron chi connectivity index (χ3n) is 4.24. The molecule has 2 fully saturated rings. The van der Waals surface area contributed by atoms with Gasteiger partial charge in [-0.1, -0.05) is 30.3 Å². The molecule has 2 bridgehead atoms. The normalized spacial score (nSPS) is 27.6. The molecule has 1 aliphatic heterocycles. The second-order valence-electron chi connectivity index (χ2n) is 5.54. The van der Waals surface area contributed by atoms with E-state index in [1.54, 1.807) is 4.90 Å². The number of hydrogen-bond donors (Lipinski definition) is 1. The van der Waals surface area contributed by atoms with Crippen LogP contribution in [0.4, 0.5) is 4.79 Å². The van der Waals surface area contributed by atoms with E-state index in [2.05, 4.69) is 0 Å². The van der Waals surface area contributed by atoms with Crippen LogP contribution in [0.2, 0.25) is 0 Å². The highest BCUT2D eigenvalue weighted by Gasteiger charge is 2.50. The summed E-state index contributed by atoms with van der Waals surface area (Å²) in [6.07, 6.45) is 1.08. The van der Waals surface area contributed by atoms with Crippen LogP contribution in [0.5, 0.6) is 0 Å². The number of carboxylic acids is 1. The van der Waals surface area contributed by atoms with E-state index in [0.717, 1.165) is 12.0 Å². The molecule has 5 nitrogen and oxygen atoms in total. The molecule has 106 valence electrons. The quantitative estimate of drug-likeness (QED) is 0.917. The number of likely N-dealkylation sites (tertiary alicyclic amines) is 1. The largest absolute Gasteiger partial charge is 0.481 e. The average Bonchev–Trinajstić information content (AvgIpc) is 3.06. The van der Waals surface area contributed by atoms with Crippen LogP contribution in [0.3, 0.4) is 0 Å². The monoisotopic (exact) mass is 275 g/mol. The molecule has 3 atom stereocenters. The number of carboxylic acid groups (broad SMARTS) is 1. The SMILES string of the molecule is O=C(O)[C@H]1C[C@@H]2C[C@@H]1N(C(=O)OCc1ccccc1)C2. The first-order chi connectivity index (χ1) is 9.65. The van der Waals surface area contributed by atoms with Crippen LogP contribution in [-0.4, -0.2) is 34.7 Å². The first-order valence-corrected chi connectivity index (χ1v) is 6.85. The van der Waals surface area contributed by atoms with Crippen molar-refractivity contribution in [2.75, 3.05) is 6.54 Å². The van der Waals surface area contributed by atoms with Gasteiger partial charge in [-0.05, 0) is 24.3 Å². The minimum Gasteiger partial charge on any atom is -0.481 e. The maximum absolute atomic E-state index is 12.1. The molecule has 1 aliphatic carbocycles. The summed E-state index contributed by atoms with van der Waals surface area (Å²) in [5, 5.41) is 9.16. The molecule has 1 amide bonds. The highest BCUT2D eigenvalue weighted by molar-refractivity contribution is 5.75. The maximum Gasteiger partial charge on any atom is 0.410 e. The highest BCUT2D eigenvalue weighted by atomic mass is 16.6. The van der Waals surface area contributed by atoms with Gasteiger partial charge in [-0.3, -0.25) is 4.79 Å². The van der Waals surface area contributed by atoms with E-state index in [-0.39, 0.29) is 12.6 Å². The number of aliphatic carboxylic acids is 1. The molecule has 1 saturated heterocycles. The Hall–Kier alpha value is -2.04. The lowest BCUT2D eigenvalue weighted by Crippen LogP contribution is -2.44. The van der Waals surface area contributed by atoms with Crippen LogP contribution in [-0.2, 0) is 16.1 Å². The lowest BCUT2D eigenvalue weighted by atomic mass is 9.99. The number of rotatable bonds is 3. The van der Waals surface area contributed by atoms with Crippen LogP contribution in [0.1, 0.15) is 18.4 Å². The topological polar surface area (TPSA) is 66.8 Å². The molecule has 5 heteroatoms. The smallest absolute Gasteiger partial charge is 0.410 e. The van der Waals surface area contributed by atoms with Gasteiger partial charge in [-0.25, -0.2) is 4.79 Å². The fourth-order valence-electron chi connectivity index (χ4n) is 3.30. The summed E-state index contributed by atoms with van der Waals surface area (Å²) in [7, 11) is 0. The Morgan fingerprint density at radius 1 is 1.25 bits per heavy atom. The number of benzene rings is 1. The van der Waals surface area contributed by atoms with Crippen molar-refractivity contribution in [2.24, 2.45) is 11.8 Å². The zero-order valence-corrected chi connectivity index (χ0v) is 11.1. The summed E-state index contributed by atoms with van der Waals surface area (Å²) < 4.78 is 5.29. The number of nitrogens with zero attached hydrogens (tertiary/aromatic N) is 1. The van der Waals surface area contributed by atoms with Crippen LogP contribution in [0.25, 0.3) is 0 Å². The molecule has 2 aliphatic rings. The van der Waals surface area contributed by atoms with E-state index in [4.69, 9.17) is 9.84 Å². The van der Waals surface area contributed by atoms with Crippen molar-refractivity contribution < 1.29 is 19.4 Å². The van der Waals surface area contributed by atoms with Gasteiger partial charge in [0.05, 0.1) is 5.92 Å². The van der Waals surface area contributed by atoms with Gasteiger partial charge in [0.2, 0.25) is 0 Å². The van der Waals surface area contributed by atoms with E-state index in [1.165, 1.54) is 0 Å². The van der Waals surface area contributed by atoms with Crippen LogP contribution in [0, 0.1) is 11.8 Å². The molecular formula is C15H17NO4. The number of carbonyl (C=O) groups is 2. The van der Waals surface area contributed by atoms with E-state index in [9.17, 15) is 9.59 Å². The van der Waals surface area contributed by atoms with Gasteiger partial charge in [0.1, 0.15) is 6.61 Å². The van der Waals surface area contributed by atoms with Gasteiger partial charge in [-0.2, -0.15) is 0 Å². The number of amides is 1. The third-order valence-corrected chi connectivity index (χ3v) is 4.24. The van der Waals surface area contributed by atoms with Gasteiger partial charge in [0.15, 0.2) is 0 Å². The molecule has 20 heavy (non-hydrogen) atoms. The molecule has 1 aromatic carbocycles. The van der Waals surface area contributed by atoms with E-state index >= 15 is 0 Å². The van der Waals surface area contributed by atoms with Crippen LogP contribution in [0.15, 0.2) is 30.3 Å². The average molecular weight is 275 g/mol. The zero-order valence-electron chi connectivity index (χ0n) is 11.1. The number of ether oxygens (including phenoxy) is 1. The molecule has 0 aromatic heterocycles. The lowest BCUT2D eigenvalue weighted by Gasteiger charge is -2.30. The van der Waals surface area contributed by atoms with Crippen molar-refractivity contribution >= 4 is 12.1 Å². The first-order valence-electron chi connectivity index (χ1n) is 6.85. The molecular weight excluding hydrogens is 258 g/mol. The summed E-state index contributed by atoms with van der Waals surface area (Å²) in [6.45, 7) is 0.855. The predicted molar refractivity (Wildman–Crippen MR) is 71.0 cm³/mol. The molecule has 1 N–H and O–H groups in total. The van der Waals surface area contributed by atoms with Crippen molar-refractivity contribution in [3.8, 4) is 0 Å². The summed E-state index contributed by atoms with van der Waals surface area (Å²) >= 11 is 0. The molecule has 1 heterocycles. The fourth-order valence-corrected chi connectivity index (χ4v) is 3.30. The number of hydrogen-bond acceptors (Lipinski definition) is 3. The molecule has 0 unspecified atom stereocenters. The van der Waals surface area contributed by atoms with Crippen molar-refractivity contribution in [1.82, 2.24) is 4.90 Å². The van der Waals surface area contributed by atoms with Gasteiger partial charge in [-0.15, -0.1) is 0 Å². The number of fused-ring (bicyclic) bond motifs is 2. The molecule has 0 spiro atoms. The minimum absolute atomic E-state index is 0.194. The Kier molecular flexibility index (Phi) is 3.34. The van der Waals surface area contributed by atoms with Gasteiger partial charge < -0.3 is 14.7 Å². The second-order valence-corrected chi connectivity index (χ2v) is 5.54. The third kappa shape index (κ3) is 2.35.